The number of rotatable bonds is 2. The van der Waals surface area contributed by atoms with Gasteiger partial charge in [0.25, 0.3) is 5.56 Å². The number of anilines is 1. The number of aromatic amines is 2. The molecular formula is C17H13N5O3. The Hall–Kier alpha value is -3.68. The molecule has 2 aromatic heterocycles. The second kappa shape index (κ2) is 5.45. The second-order valence-electron chi connectivity index (χ2n) is 5.65. The molecule has 8 heteroatoms. The number of hydrogen-bond acceptors (Lipinski definition) is 4. The molecule has 0 aliphatic carbocycles. The fraction of sp³-hybridized carbons (Fsp3) is 0.0588. The third kappa shape index (κ3) is 2.49. The number of carboxylic acid groups (broad SMARTS) is 1. The molecule has 0 radical (unpaired) electrons. The van der Waals surface area contributed by atoms with Crippen molar-refractivity contribution >= 4 is 33.8 Å². The van der Waals surface area contributed by atoms with Gasteiger partial charge in [0.05, 0.1) is 22.1 Å². The fourth-order valence-corrected chi connectivity index (χ4v) is 2.90. The van der Waals surface area contributed by atoms with E-state index in [0.717, 1.165) is 16.5 Å². The van der Waals surface area contributed by atoms with Gasteiger partial charge >= 0.3 is 6.09 Å². The summed E-state index contributed by atoms with van der Waals surface area (Å²) < 4.78 is 0. The molecule has 0 unspecified atom stereocenters. The van der Waals surface area contributed by atoms with Gasteiger partial charge in [-0.3, -0.25) is 10.1 Å². The van der Waals surface area contributed by atoms with Gasteiger partial charge in [-0.15, -0.1) is 0 Å². The number of nitrogens with zero attached hydrogens (tertiary/aromatic N) is 2. The average Bonchev–Trinajstić information content (AvgIpc) is 2.95. The van der Waals surface area contributed by atoms with E-state index in [1.54, 1.807) is 12.1 Å². The SMILES string of the molecule is Cc1cc2[nH]c(NC(=O)O)nc2cc1-c1n[nH]c(=O)c2ccccc12. The highest BCUT2D eigenvalue weighted by atomic mass is 16.4. The molecule has 4 aromatic rings. The lowest BCUT2D eigenvalue weighted by Crippen LogP contribution is -2.09. The van der Waals surface area contributed by atoms with Crippen LogP contribution in [0.1, 0.15) is 5.56 Å². The summed E-state index contributed by atoms with van der Waals surface area (Å²) in [7, 11) is 0. The van der Waals surface area contributed by atoms with E-state index < -0.39 is 6.09 Å². The van der Waals surface area contributed by atoms with Crippen molar-refractivity contribution in [3.8, 4) is 11.3 Å². The molecular weight excluding hydrogens is 322 g/mol. The standard InChI is InChI=1S/C17H13N5O3/c1-8-6-12-13(19-16(18-12)20-17(24)25)7-11(8)14-9-4-2-3-5-10(9)15(23)22-21-14/h2-7H,1H3,(H,22,23)(H,24,25)(H2,18,19,20). The van der Waals surface area contributed by atoms with Crippen LogP contribution in [-0.2, 0) is 0 Å². The van der Waals surface area contributed by atoms with Crippen LogP contribution in [0.5, 0.6) is 0 Å². The zero-order valence-corrected chi connectivity index (χ0v) is 13.1. The fourth-order valence-electron chi connectivity index (χ4n) is 2.90. The number of aromatic nitrogens is 4. The molecule has 124 valence electrons. The average molecular weight is 335 g/mol. The van der Waals surface area contributed by atoms with Gasteiger partial charge in [0.2, 0.25) is 5.95 Å². The normalized spacial score (nSPS) is 11.1. The zero-order valence-electron chi connectivity index (χ0n) is 13.1. The number of aryl methyl sites for hydroxylation is 1. The summed E-state index contributed by atoms with van der Waals surface area (Å²) in [6.45, 7) is 1.92. The summed E-state index contributed by atoms with van der Waals surface area (Å²) in [5, 5.41) is 19.0. The van der Waals surface area contributed by atoms with Crippen molar-refractivity contribution in [1.82, 2.24) is 20.2 Å². The maximum Gasteiger partial charge on any atom is 0.411 e. The third-order valence-electron chi connectivity index (χ3n) is 4.00. The molecule has 0 atom stereocenters. The van der Waals surface area contributed by atoms with Crippen LogP contribution in [0.4, 0.5) is 10.7 Å². The smallest absolute Gasteiger partial charge is 0.411 e. The van der Waals surface area contributed by atoms with Crippen LogP contribution < -0.4 is 10.9 Å². The lowest BCUT2D eigenvalue weighted by molar-refractivity contribution is 0.209. The van der Waals surface area contributed by atoms with E-state index in [1.165, 1.54) is 0 Å². The molecule has 2 aromatic carbocycles. The number of benzene rings is 2. The highest BCUT2D eigenvalue weighted by Crippen LogP contribution is 2.30. The van der Waals surface area contributed by atoms with Crippen molar-refractivity contribution in [2.75, 3.05) is 5.32 Å². The first-order valence-electron chi connectivity index (χ1n) is 7.51. The minimum atomic E-state index is -1.19. The molecule has 4 rings (SSSR count). The van der Waals surface area contributed by atoms with Crippen molar-refractivity contribution in [3.05, 3.63) is 52.3 Å². The van der Waals surface area contributed by atoms with E-state index in [9.17, 15) is 9.59 Å². The van der Waals surface area contributed by atoms with Gasteiger partial charge in [-0.25, -0.2) is 14.9 Å². The van der Waals surface area contributed by atoms with Gasteiger partial charge in [-0.1, -0.05) is 18.2 Å². The van der Waals surface area contributed by atoms with E-state index in [0.29, 0.717) is 22.1 Å². The molecule has 0 aliphatic rings. The van der Waals surface area contributed by atoms with Gasteiger partial charge in [-0.05, 0) is 30.7 Å². The number of imidazole rings is 1. The Bertz CT molecular complexity index is 1190. The van der Waals surface area contributed by atoms with E-state index in [2.05, 4.69) is 25.5 Å². The van der Waals surface area contributed by atoms with E-state index in [1.807, 2.05) is 31.2 Å². The molecule has 0 saturated heterocycles. The minimum Gasteiger partial charge on any atom is -0.465 e. The van der Waals surface area contributed by atoms with Gasteiger partial charge in [0, 0.05) is 10.9 Å². The first-order chi connectivity index (χ1) is 12.0. The van der Waals surface area contributed by atoms with E-state index >= 15 is 0 Å². The van der Waals surface area contributed by atoms with Crippen molar-refractivity contribution in [2.24, 2.45) is 0 Å². The summed E-state index contributed by atoms with van der Waals surface area (Å²) in [5.74, 6) is 0.151. The van der Waals surface area contributed by atoms with Gasteiger partial charge in [0.1, 0.15) is 0 Å². The maximum absolute atomic E-state index is 12.0. The summed E-state index contributed by atoms with van der Waals surface area (Å²) in [6.07, 6.45) is -1.19. The van der Waals surface area contributed by atoms with Crippen molar-refractivity contribution in [1.29, 1.82) is 0 Å². The van der Waals surface area contributed by atoms with Crippen LogP contribution in [0.15, 0.2) is 41.2 Å². The Labute approximate surface area is 140 Å². The quantitative estimate of drug-likeness (QED) is 0.448. The molecule has 0 spiro atoms. The highest BCUT2D eigenvalue weighted by Gasteiger charge is 2.14. The van der Waals surface area contributed by atoms with Crippen molar-refractivity contribution in [3.63, 3.8) is 0 Å². The van der Waals surface area contributed by atoms with Crippen LogP contribution in [0.25, 0.3) is 33.1 Å². The molecule has 0 bridgehead atoms. The van der Waals surface area contributed by atoms with E-state index in [4.69, 9.17) is 5.11 Å². The lowest BCUT2D eigenvalue weighted by atomic mass is 10.0. The number of fused-ring (bicyclic) bond motifs is 2. The lowest BCUT2D eigenvalue weighted by Gasteiger charge is -2.08. The molecule has 1 amide bonds. The molecule has 2 heterocycles. The number of amides is 1. The Morgan fingerprint density at radius 1 is 1.20 bits per heavy atom. The summed E-state index contributed by atoms with van der Waals surface area (Å²) >= 11 is 0. The monoisotopic (exact) mass is 335 g/mol. The third-order valence-corrected chi connectivity index (χ3v) is 4.00. The van der Waals surface area contributed by atoms with Gasteiger partial charge in [0.15, 0.2) is 0 Å². The predicted octanol–water partition coefficient (Wildman–Crippen LogP) is 2.86. The number of nitrogens with one attached hydrogen (secondary N) is 3. The summed E-state index contributed by atoms with van der Waals surface area (Å²) in [5.41, 5.74) is 3.44. The predicted molar refractivity (Wildman–Crippen MR) is 93.8 cm³/mol. The first kappa shape index (κ1) is 14.9. The van der Waals surface area contributed by atoms with Crippen LogP contribution in [0, 0.1) is 6.92 Å². The second-order valence-corrected chi connectivity index (χ2v) is 5.65. The van der Waals surface area contributed by atoms with Crippen LogP contribution in [-0.4, -0.2) is 31.4 Å². The number of H-pyrrole nitrogens is 2. The van der Waals surface area contributed by atoms with Crippen LogP contribution in [0.2, 0.25) is 0 Å². The van der Waals surface area contributed by atoms with Crippen LogP contribution in [0.3, 0.4) is 0 Å². The minimum absolute atomic E-state index is 0.151. The molecule has 0 saturated carbocycles. The van der Waals surface area contributed by atoms with Gasteiger partial charge < -0.3 is 10.1 Å². The van der Waals surface area contributed by atoms with Crippen molar-refractivity contribution < 1.29 is 9.90 Å². The first-order valence-corrected chi connectivity index (χ1v) is 7.51. The van der Waals surface area contributed by atoms with E-state index in [-0.39, 0.29) is 11.5 Å². The largest absolute Gasteiger partial charge is 0.465 e. The maximum atomic E-state index is 12.0. The van der Waals surface area contributed by atoms with Crippen molar-refractivity contribution in [2.45, 2.75) is 6.92 Å². The Balaban J connectivity index is 1.95. The summed E-state index contributed by atoms with van der Waals surface area (Å²) in [6, 6.07) is 10.9. The number of hydrogen-bond donors (Lipinski definition) is 4. The molecule has 4 N–H and O–H groups in total. The topological polar surface area (TPSA) is 124 Å². The molecule has 8 nitrogen and oxygen atoms in total. The summed E-state index contributed by atoms with van der Waals surface area (Å²) in [4.78, 5) is 29.9. The Kier molecular flexibility index (Phi) is 3.24. The Morgan fingerprint density at radius 2 is 1.96 bits per heavy atom. The molecule has 0 fully saturated rings. The zero-order chi connectivity index (χ0) is 17.6. The highest BCUT2D eigenvalue weighted by molar-refractivity contribution is 5.97. The molecule has 0 aliphatic heterocycles. The number of carbonyl (C=O) groups is 1. The van der Waals surface area contributed by atoms with Crippen LogP contribution >= 0.6 is 0 Å². The van der Waals surface area contributed by atoms with Gasteiger partial charge in [-0.2, -0.15) is 5.10 Å². The molecule has 25 heavy (non-hydrogen) atoms. The Morgan fingerprint density at radius 3 is 2.72 bits per heavy atom.